The fourth-order valence-corrected chi connectivity index (χ4v) is 4.73. The summed E-state index contributed by atoms with van der Waals surface area (Å²) in [6.07, 6.45) is -0.128. The van der Waals surface area contributed by atoms with Crippen molar-refractivity contribution in [1.29, 1.82) is 0 Å². The number of carbonyl (C=O) groups excluding carboxylic acids is 1. The first-order valence-electron chi connectivity index (χ1n) is 8.58. The summed E-state index contributed by atoms with van der Waals surface area (Å²) in [7, 11) is -3.85. The van der Waals surface area contributed by atoms with E-state index in [0.29, 0.717) is 25.8 Å². The zero-order valence-electron chi connectivity index (χ0n) is 15.3. The molecule has 9 heteroatoms. The predicted molar refractivity (Wildman–Crippen MR) is 128 cm³/mol. The first-order valence-corrected chi connectivity index (χ1v) is 11.9. The minimum absolute atomic E-state index is 0.0448. The molecule has 0 atom stereocenters. The highest BCUT2D eigenvalue weighted by Crippen LogP contribution is 2.43. The second kappa shape index (κ2) is 8.85. The van der Waals surface area contributed by atoms with E-state index in [0.717, 1.165) is 10.8 Å². The number of rotatable bonds is 6. The van der Waals surface area contributed by atoms with Gasteiger partial charge in [-0.1, -0.05) is 42.5 Å². The van der Waals surface area contributed by atoms with Crippen LogP contribution in [0.5, 0.6) is 5.75 Å². The minimum Gasteiger partial charge on any atom is -0.381 e. The summed E-state index contributed by atoms with van der Waals surface area (Å²) in [5.74, 6) is -0.483. The Balaban J connectivity index is 2.14. The van der Waals surface area contributed by atoms with Crippen LogP contribution in [-0.2, 0) is 16.5 Å². The van der Waals surface area contributed by atoms with Crippen molar-refractivity contribution in [3.63, 3.8) is 0 Å². The van der Waals surface area contributed by atoms with Gasteiger partial charge < -0.3 is 4.18 Å². The fourth-order valence-electron chi connectivity index (χ4n) is 2.89. The van der Waals surface area contributed by atoms with Crippen molar-refractivity contribution in [3.8, 4) is 5.75 Å². The highest BCUT2D eigenvalue weighted by Gasteiger charge is 2.25. The smallest absolute Gasteiger partial charge is 0.308 e. The van der Waals surface area contributed by atoms with Crippen molar-refractivity contribution in [1.82, 2.24) is 0 Å². The molecule has 0 saturated carbocycles. The molecule has 0 radical (unpaired) electrons. The summed E-state index contributed by atoms with van der Waals surface area (Å²) < 4.78 is 29.5. The van der Waals surface area contributed by atoms with E-state index >= 15 is 0 Å². The van der Waals surface area contributed by atoms with E-state index < -0.39 is 10.1 Å². The molecule has 3 rings (SSSR count). The van der Waals surface area contributed by atoms with Crippen molar-refractivity contribution in [2.45, 2.75) is 32.9 Å². The molecule has 0 spiro atoms. The van der Waals surface area contributed by atoms with Gasteiger partial charge in [0.05, 0.1) is 10.6 Å². The van der Waals surface area contributed by atoms with Crippen LogP contribution in [0, 0.1) is 0 Å². The fraction of sp³-hybridized carbons (Fsp3) is 0.150. The molecular formula is C20H18O4S5. The van der Waals surface area contributed by atoms with E-state index in [-0.39, 0.29) is 28.6 Å². The highest BCUT2D eigenvalue weighted by molar-refractivity contribution is 7.87. The summed E-state index contributed by atoms with van der Waals surface area (Å²) in [4.78, 5) is 14.4. The number of carbonyl (C=O) groups is 1. The van der Waals surface area contributed by atoms with Gasteiger partial charge >= 0.3 is 10.1 Å². The Bertz CT molecular complexity index is 1210. The Morgan fingerprint density at radius 1 is 0.897 bits per heavy atom. The third-order valence-corrected chi connectivity index (χ3v) is 7.91. The summed E-state index contributed by atoms with van der Waals surface area (Å²) >= 11 is 17.5. The van der Waals surface area contributed by atoms with E-state index in [1.807, 2.05) is 30.3 Å². The monoisotopic (exact) mass is 482 g/mol. The summed E-state index contributed by atoms with van der Waals surface area (Å²) in [6.45, 7) is 1.46. The standard InChI is InChI=1S/C20H18O4S5/c1-2-29(22,23)24-16-14(17(25)19(27)20(28)18(16)26)10-15(21)13-9-5-7-11-6-3-4-8-12(11)13/h3-9,25-28H,2,10H2,1H3. The molecule has 3 aromatic rings. The van der Waals surface area contributed by atoms with E-state index in [9.17, 15) is 13.2 Å². The Labute approximate surface area is 191 Å². The van der Waals surface area contributed by atoms with Gasteiger partial charge in [0.25, 0.3) is 0 Å². The lowest BCUT2D eigenvalue weighted by Gasteiger charge is -2.18. The van der Waals surface area contributed by atoms with Gasteiger partial charge in [0.15, 0.2) is 11.5 Å². The van der Waals surface area contributed by atoms with Gasteiger partial charge in [-0.25, -0.2) is 0 Å². The van der Waals surface area contributed by atoms with Gasteiger partial charge in [0, 0.05) is 32.2 Å². The molecule has 0 heterocycles. The normalized spacial score (nSPS) is 11.6. The second-order valence-corrected chi connectivity index (χ2v) is 9.91. The van der Waals surface area contributed by atoms with Crippen molar-refractivity contribution in [3.05, 3.63) is 53.6 Å². The molecule has 0 aliphatic carbocycles. The average Bonchev–Trinajstić information content (AvgIpc) is 2.72. The maximum Gasteiger partial charge on any atom is 0.308 e. The molecule has 0 saturated heterocycles. The number of fused-ring (bicyclic) bond motifs is 1. The Morgan fingerprint density at radius 2 is 1.52 bits per heavy atom. The zero-order chi connectivity index (χ0) is 21.3. The molecular weight excluding hydrogens is 465 g/mol. The first-order chi connectivity index (χ1) is 13.7. The summed E-state index contributed by atoms with van der Waals surface area (Å²) in [6, 6.07) is 13.0. The van der Waals surface area contributed by atoms with Gasteiger partial charge in [0.2, 0.25) is 0 Å². The Morgan fingerprint density at radius 3 is 2.21 bits per heavy atom. The summed E-state index contributed by atoms with van der Waals surface area (Å²) in [5, 5.41) is 1.75. The number of thiol groups is 4. The van der Waals surface area contributed by atoms with Crippen LogP contribution in [-0.4, -0.2) is 20.0 Å². The van der Waals surface area contributed by atoms with Crippen molar-refractivity contribution >= 4 is 77.2 Å². The highest BCUT2D eigenvalue weighted by atomic mass is 32.2. The molecule has 29 heavy (non-hydrogen) atoms. The third-order valence-electron chi connectivity index (χ3n) is 4.44. The van der Waals surface area contributed by atoms with Gasteiger partial charge in [0.1, 0.15) is 0 Å². The number of ketones is 1. The molecule has 0 N–H and O–H groups in total. The third kappa shape index (κ3) is 4.59. The largest absolute Gasteiger partial charge is 0.381 e. The van der Waals surface area contributed by atoms with Crippen LogP contribution < -0.4 is 4.18 Å². The SMILES string of the molecule is CCS(=O)(=O)Oc1c(S)c(S)c(S)c(S)c1CC(=O)c1cccc2ccccc12. The van der Waals surface area contributed by atoms with Gasteiger partial charge in [-0.15, -0.1) is 50.5 Å². The van der Waals surface area contributed by atoms with Crippen molar-refractivity contribution in [2.24, 2.45) is 0 Å². The lowest BCUT2D eigenvalue weighted by molar-refractivity contribution is 0.0993. The minimum atomic E-state index is -3.85. The molecule has 0 bridgehead atoms. The number of Topliss-reactive ketones (excluding diaryl/α,β-unsaturated/α-hetero) is 1. The number of hydrogen-bond acceptors (Lipinski definition) is 8. The van der Waals surface area contributed by atoms with Crippen LogP contribution >= 0.6 is 50.5 Å². The molecule has 0 unspecified atom stereocenters. The quantitative estimate of drug-likeness (QED) is 0.223. The predicted octanol–water partition coefficient (Wildman–Crippen LogP) is 5.15. The van der Waals surface area contributed by atoms with Gasteiger partial charge in [-0.05, 0) is 17.7 Å². The van der Waals surface area contributed by atoms with Crippen LogP contribution in [0.4, 0.5) is 0 Å². The molecule has 0 fully saturated rings. The van der Waals surface area contributed by atoms with Crippen LogP contribution in [0.3, 0.4) is 0 Å². The molecule has 0 amide bonds. The first kappa shape index (κ1) is 22.4. The Hall–Kier alpha value is -1.26. The summed E-state index contributed by atoms with van der Waals surface area (Å²) in [5.41, 5.74) is 0.826. The van der Waals surface area contributed by atoms with Crippen LogP contribution in [0.2, 0.25) is 0 Å². The average molecular weight is 483 g/mol. The molecule has 152 valence electrons. The van der Waals surface area contributed by atoms with Gasteiger partial charge in [-0.3, -0.25) is 4.79 Å². The second-order valence-electron chi connectivity index (χ2n) is 6.26. The number of benzene rings is 3. The number of hydrogen-bond donors (Lipinski definition) is 4. The molecule has 0 aliphatic rings. The van der Waals surface area contributed by atoms with Crippen molar-refractivity contribution < 1.29 is 17.4 Å². The van der Waals surface area contributed by atoms with Crippen LogP contribution in [0.1, 0.15) is 22.8 Å². The van der Waals surface area contributed by atoms with E-state index in [4.69, 9.17) is 4.18 Å². The topological polar surface area (TPSA) is 60.4 Å². The van der Waals surface area contributed by atoms with E-state index in [1.54, 1.807) is 12.1 Å². The van der Waals surface area contributed by atoms with E-state index in [2.05, 4.69) is 50.5 Å². The molecule has 0 aliphatic heterocycles. The molecule has 3 aromatic carbocycles. The Kier molecular flexibility index (Phi) is 6.84. The lowest BCUT2D eigenvalue weighted by atomic mass is 9.97. The van der Waals surface area contributed by atoms with Gasteiger partial charge in [-0.2, -0.15) is 8.42 Å². The van der Waals surface area contributed by atoms with Crippen molar-refractivity contribution in [2.75, 3.05) is 5.75 Å². The van der Waals surface area contributed by atoms with E-state index in [1.165, 1.54) is 6.92 Å². The van der Waals surface area contributed by atoms with Crippen LogP contribution in [0.25, 0.3) is 10.8 Å². The molecule has 0 aromatic heterocycles. The van der Waals surface area contributed by atoms with Crippen LogP contribution in [0.15, 0.2) is 62.0 Å². The maximum atomic E-state index is 13.2. The molecule has 4 nitrogen and oxygen atoms in total. The zero-order valence-corrected chi connectivity index (χ0v) is 19.7. The maximum absolute atomic E-state index is 13.2. The lowest BCUT2D eigenvalue weighted by Crippen LogP contribution is -2.15.